The monoisotopic (exact) mass is 420 g/mol. The van der Waals surface area contributed by atoms with E-state index >= 15 is 0 Å². The highest BCUT2D eigenvalue weighted by molar-refractivity contribution is 7.91. The van der Waals surface area contributed by atoms with Crippen LogP contribution < -0.4 is 5.32 Å². The molecule has 7 heteroatoms. The Hall–Kier alpha value is -2.12. The molecule has 2 rings (SSSR count). The maximum Gasteiger partial charge on any atom is 0.230 e. The second kappa shape index (κ2) is 8.71. The molecule has 0 unspecified atom stereocenters. The van der Waals surface area contributed by atoms with Gasteiger partial charge in [0.05, 0.1) is 4.90 Å². The third-order valence-corrected chi connectivity index (χ3v) is 6.95. The number of anilines is 1. The van der Waals surface area contributed by atoms with Gasteiger partial charge in [0.25, 0.3) is 0 Å². The van der Waals surface area contributed by atoms with E-state index in [2.05, 4.69) is 5.32 Å². The number of ether oxygens (including phenoxy) is 1. The molecule has 0 aliphatic carbocycles. The van der Waals surface area contributed by atoms with E-state index in [1.807, 2.05) is 18.4 Å². The lowest BCUT2D eigenvalue weighted by molar-refractivity contribution is -0.123. The number of methoxy groups -OCH3 is 1. The van der Waals surface area contributed by atoms with Crippen LogP contribution in [-0.4, -0.2) is 32.6 Å². The summed E-state index contributed by atoms with van der Waals surface area (Å²) in [4.78, 5) is 13.1. The second-order valence-corrected chi connectivity index (χ2v) is 10.3. The Kier molecular flexibility index (Phi) is 6.96. The van der Waals surface area contributed by atoms with Crippen LogP contribution in [0.4, 0.5) is 5.82 Å². The van der Waals surface area contributed by atoms with Crippen molar-refractivity contribution in [2.24, 2.45) is 5.41 Å². The molecular weight excluding hydrogens is 388 g/mol. The maximum absolute atomic E-state index is 13.5. The molecule has 1 aromatic heterocycles. The van der Waals surface area contributed by atoms with E-state index in [1.165, 1.54) is 0 Å². The van der Waals surface area contributed by atoms with Gasteiger partial charge in [0.1, 0.15) is 10.7 Å². The van der Waals surface area contributed by atoms with Gasteiger partial charge in [-0.2, -0.15) is 0 Å². The fourth-order valence-corrected chi connectivity index (χ4v) is 4.76. The average molecular weight is 421 g/mol. The number of rotatable bonds is 7. The van der Waals surface area contributed by atoms with Crippen molar-refractivity contribution in [1.82, 2.24) is 4.57 Å². The van der Waals surface area contributed by atoms with Crippen LogP contribution in [0.5, 0.6) is 0 Å². The summed E-state index contributed by atoms with van der Waals surface area (Å²) in [5.41, 5.74) is 1.78. The Morgan fingerprint density at radius 1 is 1.10 bits per heavy atom. The number of benzene rings is 1. The zero-order valence-corrected chi connectivity index (χ0v) is 19.2. The molecule has 1 amide bonds. The molecule has 2 aromatic rings. The molecule has 1 N–H and O–H groups in total. The molecular formula is C22H32N2O4S. The average Bonchev–Trinajstić information content (AvgIpc) is 2.86. The summed E-state index contributed by atoms with van der Waals surface area (Å²) in [5.74, 6) is 0.0972. The van der Waals surface area contributed by atoms with Crippen LogP contribution in [-0.2, 0) is 25.9 Å². The molecule has 0 aliphatic rings. The van der Waals surface area contributed by atoms with Gasteiger partial charge in [0, 0.05) is 31.4 Å². The van der Waals surface area contributed by atoms with Gasteiger partial charge in [-0.25, -0.2) is 8.42 Å². The summed E-state index contributed by atoms with van der Waals surface area (Å²) in [5, 5.41) is 2.90. The van der Waals surface area contributed by atoms with Crippen molar-refractivity contribution in [1.29, 1.82) is 0 Å². The van der Waals surface area contributed by atoms with Crippen LogP contribution in [0, 0.1) is 26.2 Å². The van der Waals surface area contributed by atoms with Crippen LogP contribution in [0.2, 0.25) is 0 Å². The highest BCUT2D eigenvalue weighted by Gasteiger charge is 2.32. The van der Waals surface area contributed by atoms with E-state index in [9.17, 15) is 13.2 Å². The summed E-state index contributed by atoms with van der Waals surface area (Å²) in [6.07, 6.45) is 0.702. The Morgan fingerprint density at radius 3 is 2.21 bits per heavy atom. The number of carbonyl (C=O) groups is 1. The standard InChI is InChI=1S/C22H32N2O4S/c1-15-9-11-18(12-10-15)29(26,27)19-16(2)17(3)24(13-8-14-28-7)20(19)23-21(25)22(4,5)6/h9-12H,8,13-14H2,1-7H3,(H,23,25). The first-order valence-corrected chi connectivity index (χ1v) is 11.2. The largest absolute Gasteiger partial charge is 0.385 e. The van der Waals surface area contributed by atoms with E-state index in [1.54, 1.807) is 59.1 Å². The quantitative estimate of drug-likeness (QED) is 0.679. The summed E-state index contributed by atoms with van der Waals surface area (Å²) in [6, 6.07) is 6.77. The summed E-state index contributed by atoms with van der Waals surface area (Å²) in [6.45, 7) is 12.1. The molecule has 0 aliphatic heterocycles. The van der Waals surface area contributed by atoms with Gasteiger partial charge >= 0.3 is 0 Å². The number of sulfone groups is 1. The van der Waals surface area contributed by atoms with Crippen molar-refractivity contribution in [2.75, 3.05) is 19.0 Å². The summed E-state index contributed by atoms with van der Waals surface area (Å²) >= 11 is 0. The number of nitrogens with one attached hydrogen (secondary N) is 1. The molecule has 1 aromatic carbocycles. The first kappa shape index (κ1) is 23.2. The topological polar surface area (TPSA) is 77.4 Å². The number of nitrogens with zero attached hydrogens (tertiary/aromatic N) is 1. The predicted molar refractivity (Wildman–Crippen MR) is 115 cm³/mol. The van der Waals surface area contributed by atoms with Crippen LogP contribution in [0.3, 0.4) is 0 Å². The molecule has 0 saturated carbocycles. The van der Waals surface area contributed by atoms with Crippen LogP contribution >= 0.6 is 0 Å². The van der Waals surface area contributed by atoms with Crippen LogP contribution in [0.25, 0.3) is 0 Å². The smallest absolute Gasteiger partial charge is 0.230 e. The van der Waals surface area contributed by atoms with Gasteiger partial charge < -0.3 is 14.6 Å². The normalized spacial score (nSPS) is 12.2. The lowest BCUT2D eigenvalue weighted by atomic mass is 9.96. The number of hydrogen-bond donors (Lipinski definition) is 1. The Bertz CT molecular complexity index is 981. The number of aromatic nitrogens is 1. The highest BCUT2D eigenvalue weighted by atomic mass is 32.2. The van der Waals surface area contributed by atoms with Gasteiger partial charge in [-0.3, -0.25) is 4.79 Å². The van der Waals surface area contributed by atoms with E-state index in [0.717, 1.165) is 11.3 Å². The first-order valence-electron chi connectivity index (χ1n) is 9.73. The van der Waals surface area contributed by atoms with Gasteiger partial charge in [0.2, 0.25) is 15.7 Å². The fourth-order valence-electron chi connectivity index (χ4n) is 3.06. The van der Waals surface area contributed by atoms with E-state index in [4.69, 9.17) is 4.74 Å². The minimum absolute atomic E-state index is 0.161. The van der Waals surface area contributed by atoms with Crippen molar-refractivity contribution in [3.63, 3.8) is 0 Å². The molecule has 29 heavy (non-hydrogen) atoms. The van der Waals surface area contributed by atoms with Crippen LogP contribution in [0.15, 0.2) is 34.1 Å². The van der Waals surface area contributed by atoms with Gasteiger partial charge in [-0.15, -0.1) is 0 Å². The maximum atomic E-state index is 13.5. The summed E-state index contributed by atoms with van der Waals surface area (Å²) < 4.78 is 34.1. The predicted octanol–water partition coefficient (Wildman–Crippen LogP) is 4.27. The van der Waals surface area contributed by atoms with Gasteiger partial charge in [-0.1, -0.05) is 38.5 Å². The third-order valence-electron chi connectivity index (χ3n) is 5.02. The van der Waals surface area contributed by atoms with Crippen molar-refractivity contribution < 1.29 is 17.9 Å². The number of amides is 1. The Morgan fingerprint density at radius 2 is 1.69 bits per heavy atom. The zero-order valence-electron chi connectivity index (χ0n) is 18.4. The lowest BCUT2D eigenvalue weighted by Gasteiger charge is -2.20. The van der Waals surface area contributed by atoms with Crippen LogP contribution in [0.1, 0.15) is 44.0 Å². The van der Waals surface area contributed by atoms with Crippen molar-refractivity contribution in [3.05, 3.63) is 41.1 Å². The van der Waals surface area contributed by atoms with Gasteiger partial charge in [0.15, 0.2) is 0 Å². The number of hydrogen-bond acceptors (Lipinski definition) is 4. The fraction of sp³-hybridized carbons (Fsp3) is 0.500. The molecule has 0 atom stereocenters. The van der Waals surface area contributed by atoms with E-state index in [-0.39, 0.29) is 15.7 Å². The van der Waals surface area contributed by atoms with E-state index in [0.29, 0.717) is 31.0 Å². The molecule has 0 spiro atoms. The highest BCUT2D eigenvalue weighted by Crippen LogP contribution is 2.36. The molecule has 0 radical (unpaired) electrons. The van der Waals surface area contributed by atoms with Crippen molar-refractivity contribution in [3.8, 4) is 0 Å². The molecule has 160 valence electrons. The summed E-state index contributed by atoms with van der Waals surface area (Å²) in [7, 11) is -2.18. The Labute approximate surface area is 174 Å². The Balaban J connectivity index is 2.67. The minimum Gasteiger partial charge on any atom is -0.385 e. The molecule has 1 heterocycles. The van der Waals surface area contributed by atoms with E-state index < -0.39 is 15.3 Å². The third kappa shape index (κ3) is 4.90. The lowest BCUT2D eigenvalue weighted by Crippen LogP contribution is -2.29. The SMILES string of the molecule is COCCCn1c(C)c(C)c(S(=O)(=O)c2ccc(C)cc2)c1NC(=O)C(C)(C)C. The first-order chi connectivity index (χ1) is 13.4. The number of aryl methyl sites for hydroxylation is 1. The zero-order chi connectivity index (χ0) is 22.0. The number of carbonyl (C=O) groups excluding carboxylic acids is 1. The van der Waals surface area contributed by atoms with Gasteiger partial charge in [-0.05, 0) is 44.9 Å². The molecule has 0 bridgehead atoms. The van der Waals surface area contributed by atoms with Crippen molar-refractivity contribution in [2.45, 2.75) is 64.3 Å². The minimum atomic E-state index is -3.81. The molecule has 6 nitrogen and oxygen atoms in total. The molecule has 0 fully saturated rings. The second-order valence-electron chi connectivity index (χ2n) is 8.41. The van der Waals surface area contributed by atoms with Crippen molar-refractivity contribution >= 4 is 21.6 Å². The molecule has 0 saturated heterocycles.